The lowest BCUT2D eigenvalue weighted by Gasteiger charge is -2.17. The summed E-state index contributed by atoms with van der Waals surface area (Å²) in [6.45, 7) is 3.54. The van der Waals surface area contributed by atoms with Crippen LogP contribution >= 0.6 is 0 Å². The van der Waals surface area contributed by atoms with E-state index in [1.54, 1.807) is 24.3 Å². The molecule has 6 heteroatoms. The third-order valence-corrected chi connectivity index (χ3v) is 3.30. The molecule has 0 saturated carbocycles. The molecule has 1 aromatic carbocycles. The average Bonchev–Trinajstić information content (AvgIpc) is 2.49. The van der Waals surface area contributed by atoms with Gasteiger partial charge in [0.1, 0.15) is 12.4 Å². The predicted octanol–water partition coefficient (Wildman–Crippen LogP) is 2.32. The van der Waals surface area contributed by atoms with Crippen molar-refractivity contribution in [3.63, 3.8) is 0 Å². The van der Waals surface area contributed by atoms with Crippen LogP contribution in [-0.4, -0.2) is 25.0 Å². The number of amides is 1. The van der Waals surface area contributed by atoms with E-state index in [0.717, 1.165) is 12.0 Å². The minimum atomic E-state index is -2.51. The van der Waals surface area contributed by atoms with Crippen molar-refractivity contribution in [3.05, 3.63) is 29.8 Å². The first-order chi connectivity index (χ1) is 9.93. The zero-order chi connectivity index (χ0) is 15.8. The lowest BCUT2D eigenvalue weighted by Crippen LogP contribution is -2.44. The van der Waals surface area contributed by atoms with Crippen LogP contribution in [0.15, 0.2) is 24.3 Å². The molecular weight excluding hydrogens is 278 g/mol. The second-order valence-corrected chi connectivity index (χ2v) is 4.98. The molecule has 0 aliphatic rings. The summed E-state index contributed by atoms with van der Waals surface area (Å²) in [6, 6.07) is 6.14. The highest BCUT2D eigenvalue weighted by molar-refractivity contribution is 5.81. The van der Waals surface area contributed by atoms with Crippen LogP contribution < -0.4 is 15.8 Å². The number of ether oxygens (including phenoxy) is 1. The molecule has 0 aliphatic heterocycles. The summed E-state index contributed by atoms with van der Waals surface area (Å²) in [4.78, 5) is 11.9. The summed E-state index contributed by atoms with van der Waals surface area (Å²) in [7, 11) is 0. The molecule has 3 N–H and O–H groups in total. The Morgan fingerprint density at radius 2 is 2.14 bits per heavy atom. The Labute approximate surface area is 123 Å². The number of alkyl halides is 2. The maximum atomic E-state index is 12.1. The Bertz CT molecular complexity index is 455. The van der Waals surface area contributed by atoms with Gasteiger partial charge < -0.3 is 15.8 Å². The Hall–Kier alpha value is -1.69. The zero-order valence-corrected chi connectivity index (χ0v) is 12.3. The fourth-order valence-electron chi connectivity index (χ4n) is 1.72. The highest BCUT2D eigenvalue weighted by Gasteiger charge is 2.18. The SMILES string of the molecule is CCC(C)C(N)C(=O)NCc1cccc(OCC(F)F)c1. The third kappa shape index (κ3) is 6.08. The fourth-order valence-corrected chi connectivity index (χ4v) is 1.72. The number of benzene rings is 1. The molecule has 21 heavy (non-hydrogen) atoms. The van der Waals surface area contributed by atoms with E-state index in [0.29, 0.717) is 5.75 Å². The monoisotopic (exact) mass is 300 g/mol. The minimum Gasteiger partial charge on any atom is -0.488 e. The van der Waals surface area contributed by atoms with Gasteiger partial charge in [-0.2, -0.15) is 0 Å². The molecule has 0 heterocycles. The van der Waals surface area contributed by atoms with Crippen molar-refractivity contribution in [1.29, 1.82) is 0 Å². The fraction of sp³-hybridized carbons (Fsp3) is 0.533. The van der Waals surface area contributed by atoms with Gasteiger partial charge in [-0.15, -0.1) is 0 Å². The van der Waals surface area contributed by atoms with Gasteiger partial charge in [0.15, 0.2) is 0 Å². The van der Waals surface area contributed by atoms with E-state index >= 15 is 0 Å². The number of nitrogens with one attached hydrogen (secondary N) is 1. The topological polar surface area (TPSA) is 64.4 Å². The van der Waals surface area contributed by atoms with E-state index < -0.39 is 19.1 Å². The van der Waals surface area contributed by atoms with Crippen LogP contribution in [0.5, 0.6) is 5.75 Å². The van der Waals surface area contributed by atoms with Gasteiger partial charge in [-0.05, 0) is 23.6 Å². The number of halogens is 2. The number of carbonyl (C=O) groups excluding carboxylic acids is 1. The molecule has 0 bridgehead atoms. The smallest absolute Gasteiger partial charge is 0.272 e. The number of nitrogens with two attached hydrogens (primary N) is 1. The van der Waals surface area contributed by atoms with Gasteiger partial charge in [-0.3, -0.25) is 4.79 Å². The first kappa shape index (κ1) is 17.4. The van der Waals surface area contributed by atoms with E-state index in [2.05, 4.69) is 5.32 Å². The molecule has 0 aromatic heterocycles. The van der Waals surface area contributed by atoms with Crippen molar-refractivity contribution in [2.24, 2.45) is 11.7 Å². The van der Waals surface area contributed by atoms with Crippen LogP contribution in [0.4, 0.5) is 8.78 Å². The maximum absolute atomic E-state index is 12.1. The first-order valence-corrected chi connectivity index (χ1v) is 6.97. The number of hydrogen-bond acceptors (Lipinski definition) is 3. The lowest BCUT2D eigenvalue weighted by molar-refractivity contribution is -0.123. The maximum Gasteiger partial charge on any atom is 0.272 e. The van der Waals surface area contributed by atoms with E-state index in [-0.39, 0.29) is 18.4 Å². The number of carbonyl (C=O) groups is 1. The second kappa shape index (κ2) is 8.56. The summed E-state index contributed by atoms with van der Waals surface area (Å²) in [6.07, 6.45) is -1.69. The largest absolute Gasteiger partial charge is 0.488 e. The zero-order valence-electron chi connectivity index (χ0n) is 12.3. The van der Waals surface area contributed by atoms with Crippen molar-refractivity contribution < 1.29 is 18.3 Å². The van der Waals surface area contributed by atoms with Gasteiger partial charge >= 0.3 is 0 Å². The highest BCUT2D eigenvalue weighted by atomic mass is 19.3. The van der Waals surface area contributed by atoms with Gasteiger partial charge in [0, 0.05) is 6.54 Å². The second-order valence-electron chi connectivity index (χ2n) is 4.98. The molecule has 1 amide bonds. The molecule has 0 fully saturated rings. The van der Waals surface area contributed by atoms with Crippen molar-refractivity contribution in [2.75, 3.05) is 6.61 Å². The highest BCUT2D eigenvalue weighted by Crippen LogP contribution is 2.14. The summed E-state index contributed by atoms with van der Waals surface area (Å²) in [5.41, 5.74) is 6.60. The summed E-state index contributed by atoms with van der Waals surface area (Å²) >= 11 is 0. The quantitative estimate of drug-likeness (QED) is 0.774. The van der Waals surface area contributed by atoms with Crippen molar-refractivity contribution in [3.8, 4) is 5.75 Å². The van der Waals surface area contributed by atoms with Crippen LogP contribution in [-0.2, 0) is 11.3 Å². The Morgan fingerprint density at radius 3 is 2.76 bits per heavy atom. The van der Waals surface area contributed by atoms with Gasteiger partial charge in [0.05, 0.1) is 6.04 Å². The third-order valence-electron chi connectivity index (χ3n) is 3.30. The van der Waals surface area contributed by atoms with Gasteiger partial charge in [0.2, 0.25) is 5.91 Å². The molecule has 0 aliphatic carbocycles. The normalized spacial score (nSPS) is 13.8. The van der Waals surface area contributed by atoms with E-state index in [1.165, 1.54) is 0 Å². The molecule has 0 spiro atoms. The molecular formula is C15H22F2N2O2. The standard InChI is InChI=1S/C15H22F2N2O2/c1-3-10(2)14(18)15(20)19-8-11-5-4-6-12(7-11)21-9-13(16)17/h4-7,10,13-14H,3,8-9,18H2,1-2H3,(H,19,20). The van der Waals surface area contributed by atoms with Gasteiger partial charge in [-0.25, -0.2) is 8.78 Å². The molecule has 2 atom stereocenters. The van der Waals surface area contributed by atoms with Crippen molar-refractivity contribution in [2.45, 2.75) is 39.3 Å². The Morgan fingerprint density at radius 1 is 1.43 bits per heavy atom. The van der Waals surface area contributed by atoms with Gasteiger partial charge in [-0.1, -0.05) is 32.4 Å². The lowest BCUT2D eigenvalue weighted by atomic mass is 9.99. The van der Waals surface area contributed by atoms with Crippen molar-refractivity contribution in [1.82, 2.24) is 5.32 Å². The van der Waals surface area contributed by atoms with Crippen LogP contribution in [0.1, 0.15) is 25.8 Å². The summed E-state index contributed by atoms with van der Waals surface area (Å²) < 4.78 is 29.1. The van der Waals surface area contributed by atoms with Crippen molar-refractivity contribution >= 4 is 5.91 Å². The molecule has 2 unspecified atom stereocenters. The summed E-state index contributed by atoms with van der Waals surface area (Å²) in [5.74, 6) is 0.238. The van der Waals surface area contributed by atoms with E-state index in [1.807, 2.05) is 13.8 Å². The predicted molar refractivity (Wildman–Crippen MR) is 77.2 cm³/mol. The summed E-state index contributed by atoms with van der Waals surface area (Å²) in [5, 5.41) is 2.74. The molecule has 1 rings (SSSR count). The minimum absolute atomic E-state index is 0.103. The van der Waals surface area contributed by atoms with E-state index in [9.17, 15) is 13.6 Å². The Balaban J connectivity index is 2.51. The molecule has 1 aromatic rings. The molecule has 4 nitrogen and oxygen atoms in total. The van der Waals surface area contributed by atoms with Gasteiger partial charge in [0.25, 0.3) is 6.43 Å². The average molecular weight is 300 g/mol. The number of rotatable bonds is 8. The molecule has 118 valence electrons. The Kier molecular flexibility index (Phi) is 7.08. The van der Waals surface area contributed by atoms with Crippen LogP contribution in [0, 0.1) is 5.92 Å². The van der Waals surface area contributed by atoms with Crippen LogP contribution in [0.2, 0.25) is 0 Å². The molecule has 0 saturated heterocycles. The van der Waals surface area contributed by atoms with E-state index in [4.69, 9.17) is 10.5 Å². The first-order valence-electron chi connectivity index (χ1n) is 6.97. The number of hydrogen-bond donors (Lipinski definition) is 2. The van der Waals surface area contributed by atoms with Crippen LogP contribution in [0.25, 0.3) is 0 Å². The molecule has 0 radical (unpaired) electrons. The van der Waals surface area contributed by atoms with Crippen LogP contribution in [0.3, 0.4) is 0 Å².